The topological polar surface area (TPSA) is 69.0 Å². The van der Waals surface area contributed by atoms with Crippen molar-refractivity contribution in [3.05, 3.63) is 29.1 Å². The number of rotatable bonds is 6. The number of carbonyl (C=O) groups is 1. The minimum Gasteiger partial charge on any atom is -0.462 e. The van der Waals surface area contributed by atoms with Crippen LogP contribution in [0.15, 0.2) is 12.1 Å². The zero-order chi connectivity index (χ0) is 19.8. The number of hydrogen-bond acceptors (Lipinski definition) is 4. The minimum atomic E-state index is -4.54. The molecule has 1 fully saturated rings. The van der Waals surface area contributed by atoms with E-state index in [2.05, 4.69) is 10.1 Å². The van der Waals surface area contributed by atoms with Gasteiger partial charge in [0, 0.05) is 12.6 Å². The van der Waals surface area contributed by atoms with Crippen LogP contribution in [-0.4, -0.2) is 40.0 Å². The van der Waals surface area contributed by atoms with E-state index in [0.717, 1.165) is 18.9 Å². The highest BCUT2D eigenvalue weighted by Crippen LogP contribution is 2.30. The first-order valence-electron chi connectivity index (χ1n) is 8.33. The summed E-state index contributed by atoms with van der Waals surface area (Å²) in [7, 11) is 1.54. The molecule has 1 aromatic heterocycles. The molecule has 1 amide bonds. The lowest BCUT2D eigenvalue weighted by molar-refractivity contribution is -0.123. The van der Waals surface area contributed by atoms with E-state index in [1.165, 1.54) is 24.7 Å². The predicted octanol–water partition coefficient (Wildman–Crippen LogP) is 3.01. The standard InChI is InChI=1S/C17H18F4N4O2/c1-9-5-13(18)12(6-11(9)15(26)22-8-17(19,20)21)14-23-16(24-25(14)2)27-7-10-3-4-10/h5-6,10H,3-4,7-8H2,1-2H3,(H,22,26). The average molecular weight is 386 g/mol. The summed E-state index contributed by atoms with van der Waals surface area (Å²) in [4.78, 5) is 16.2. The van der Waals surface area contributed by atoms with Gasteiger partial charge in [-0.25, -0.2) is 9.07 Å². The Labute approximate surface area is 152 Å². The lowest BCUT2D eigenvalue weighted by atomic mass is 10.0. The fraction of sp³-hybridized carbons (Fsp3) is 0.471. The van der Waals surface area contributed by atoms with Gasteiger partial charge in [0.1, 0.15) is 12.4 Å². The Kier molecular flexibility index (Phi) is 5.07. The normalized spacial score (nSPS) is 14.3. The van der Waals surface area contributed by atoms with Crippen LogP contribution < -0.4 is 10.1 Å². The smallest absolute Gasteiger partial charge is 0.405 e. The highest BCUT2D eigenvalue weighted by atomic mass is 19.4. The first-order chi connectivity index (χ1) is 12.6. The van der Waals surface area contributed by atoms with Gasteiger partial charge in [0.2, 0.25) is 0 Å². The van der Waals surface area contributed by atoms with Gasteiger partial charge in [-0.2, -0.15) is 18.2 Å². The predicted molar refractivity (Wildman–Crippen MR) is 87.7 cm³/mol. The van der Waals surface area contributed by atoms with E-state index in [4.69, 9.17) is 4.74 Å². The Morgan fingerprint density at radius 3 is 2.70 bits per heavy atom. The van der Waals surface area contributed by atoms with Crippen molar-refractivity contribution in [1.82, 2.24) is 20.1 Å². The van der Waals surface area contributed by atoms with Gasteiger partial charge in [-0.1, -0.05) is 0 Å². The Morgan fingerprint density at radius 1 is 1.37 bits per heavy atom. The molecule has 1 N–H and O–H groups in total. The van der Waals surface area contributed by atoms with Crippen LogP contribution >= 0.6 is 0 Å². The second kappa shape index (κ2) is 7.16. The number of benzene rings is 1. The number of alkyl halides is 3. The van der Waals surface area contributed by atoms with Crippen molar-refractivity contribution >= 4 is 5.91 Å². The van der Waals surface area contributed by atoms with Crippen molar-refractivity contribution in [2.75, 3.05) is 13.2 Å². The second-order valence-corrected chi connectivity index (χ2v) is 6.54. The number of aromatic nitrogens is 3. The molecule has 0 aliphatic heterocycles. The molecule has 0 saturated heterocycles. The molecule has 3 rings (SSSR count). The van der Waals surface area contributed by atoms with Crippen LogP contribution in [0.3, 0.4) is 0 Å². The molecule has 2 aromatic rings. The molecule has 1 aliphatic rings. The van der Waals surface area contributed by atoms with Gasteiger partial charge in [0.15, 0.2) is 5.82 Å². The fourth-order valence-electron chi connectivity index (χ4n) is 2.50. The van der Waals surface area contributed by atoms with Crippen LogP contribution in [0.1, 0.15) is 28.8 Å². The molecule has 1 heterocycles. The third-order valence-electron chi connectivity index (χ3n) is 4.14. The van der Waals surface area contributed by atoms with Crippen LogP contribution in [0.25, 0.3) is 11.4 Å². The molecule has 146 valence electrons. The van der Waals surface area contributed by atoms with Crippen LogP contribution in [-0.2, 0) is 7.05 Å². The zero-order valence-corrected chi connectivity index (χ0v) is 14.7. The molecule has 1 aliphatic carbocycles. The van der Waals surface area contributed by atoms with E-state index >= 15 is 0 Å². The van der Waals surface area contributed by atoms with Gasteiger partial charge in [-0.05, 0) is 43.4 Å². The fourth-order valence-corrected chi connectivity index (χ4v) is 2.50. The van der Waals surface area contributed by atoms with Gasteiger partial charge < -0.3 is 10.1 Å². The first kappa shape index (κ1) is 19.1. The number of halogens is 4. The van der Waals surface area contributed by atoms with E-state index in [1.807, 2.05) is 0 Å². The summed E-state index contributed by atoms with van der Waals surface area (Å²) in [6, 6.07) is 2.34. The van der Waals surface area contributed by atoms with E-state index in [-0.39, 0.29) is 28.5 Å². The SMILES string of the molecule is Cc1cc(F)c(-c2nc(OCC3CC3)nn2C)cc1C(=O)NCC(F)(F)F. The van der Waals surface area contributed by atoms with Crippen LogP contribution in [0, 0.1) is 18.7 Å². The maximum atomic E-state index is 14.4. The maximum Gasteiger partial charge on any atom is 0.405 e. The number of ether oxygens (including phenoxy) is 1. The largest absolute Gasteiger partial charge is 0.462 e. The van der Waals surface area contributed by atoms with Crippen LogP contribution in [0.4, 0.5) is 17.6 Å². The monoisotopic (exact) mass is 386 g/mol. The number of hydrogen-bond donors (Lipinski definition) is 1. The van der Waals surface area contributed by atoms with Gasteiger partial charge in [0.05, 0.1) is 12.2 Å². The quantitative estimate of drug-likeness (QED) is 0.775. The molecule has 0 bridgehead atoms. The van der Waals surface area contributed by atoms with Crippen molar-refractivity contribution in [2.24, 2.45) is 13.0 Å². The van der Waals surface area contributed by atoms with Crippen LogP contribution in [0.5, 0.6) is 6.01 Å². The summed E-state index contributed by atoms with van der Waals surface area (Å²) in [6.45, 7) is 0.447. The van der Waals surface area contributed by atoms with Gasteiger partial charge in [0.25, 0.3) is 5.91 Å². The first-order valence-corrected chi connectivity index (χ1v) is 8.33. The molecular weight excluding hydrogens is 368 g/mol. The Morgan fingerprint density at radius 2 is 2.07 bits per heavy atom. The summed E-state index contributed by atoms with van der Waals surface area (Å²) < 4.78 is 58.2. The number of nitrogens with one attached hydrogen (secondary N) is 1. The molecule has 0 radical (unpaired) electrons. The molecule has 1 saturated carbocycles. The Hall–Kier alpha value is -2.65. The maximum absolute atomic E-state index is 14.4. The van der Waals surface area contributed by atoms with E-state index in [9.17, 15) is 22.4 Å². The third kappa shape index (κ3) is 4.75. The van der Waals surface area contributed by atoms with Gasteiger partial charge >= 0.3 is 12.2 Å². The zero-order valence-electron chi connectivity index (χ0n) is 14.7. The summed E-state index contributed by atoms with van der Waals surface area (Å²) in [5.74, 6) is -1.01. The van der Waals surface area contributed by atoms with Crippen molar-refractivity contribution in [1.29, 1.82) is 0 Å². The molecule has 10 heteroatoms. The molecule has 1 aromatic carbocycles. The number of amides is 1. The number of nitrogens with zero attached hydrogens (tertiary/aromatic N) is 3. The van der Waals surface area contributed by atoms with Crippen molar-refractivity contribution in [3.8, 4) is 17.4 Å². The summed E-state index contributed by atoms with van der Waals surface area (Å²) in [6.07, 6.45) is -2.37. The third-order valence-corrected chi connectivity index (χ3v) is 4.14. The molecule has 0 spiro atoms. The van der Waals surface area contributed by atoms with Gasteiger partial charge in [-0.3, -0.25) is 4.79 Å². The lowest BCUT2D eigenvalue weighted by Crippen LogP contribution is -2.34. The Balaban J connectivity index is 1.86. The van der Waals surface area contributed by atoms with Gasteiger partial charge in [-0.15, -0.1) is 5.10 Å². The summed E-state index contributed by atoms with van der Waals surface area (Å²) >= 11 is 0. The lowest BCUT2D eigenvalue weighted by Gasteiger charge is -2.12. The summed E-state index contributed by atoms with van der Waals surface area (Å²) in [5.41, 5.74) is 0.0939. The molecule has 6 nitrogen and oxygen atoms in total. The van der Waals surface area contributed by atoms with E-state index in [0.29, 0.717) is 12.5 Å². The average Bonchev–Trinajstić information content (AvgIpc) is 3.33. The Bertz CT molecular complexity index is 859. The molecule has 27 heavy (non-hydrogen) atoms. The molecular formula is C17H18F4N4O2. The second-order valence-electron chi connectivity index (χ2n) is 6.54. The highest BCUT2D eigenvalue weighted by Gasteiger charge is 2.29. The van der Waals surface area contributed by atoms with E-state index < -0.39 is 24.4 Å². The number of aryl methyl sites for hydroxylation is 2. The van der Waals surface area contributed by atoms with Crippen molar-refractivity contribution in [2.45, 2.75) is 25.9 Å². The minimum absolute atomic E-state index is 0.0472. The number of carbonyl (C=O) groups excluding carboxylic acids is 1. The molecule has 0 unspecified atom stereocenters. The molecule has 0 atom stereocenters. The van der Waals surface area contributed by atoms with Crippen molar-refractivity contribution < 1.29 is 27.1 Å². The van der Waals surface area contributed by atoms with Crippen LogP contribution in [0.2, 0.25) is 0 Å². The van der Waals surface area contributed by atoms with Crippen molar-refractivity contribution in [3.63, 3.8) is 0 Å². The van der Waals surface area contributed by atoms with E-state index in [1.54, 1.807) is 5.32 Å². The highest BCUT2D eigenvalue weighted by molar-refractivity contribution is 5.96. The summed E-state index contributed by atoms with van der Waals surface area (Å²) in [5, 5.41) is 5.84.